The lowest BCUT2D eigenvalue weighted by Gasteiger charge is -2.03. The standard InChI is InChI=1S/C16H12FN3O3S/c17-11-3-5-12(6-4-11)18-14(22)9-24-16-20-19-15(23-16)10-1-7-13(21)8-2-10/h1-8,21H,9H2,(H,18,22). The number of nitrogens with zero attached hydrogens (tertiary/aromatic N) is 2. The van der Waals surface area contributed by atoms with Gasteiger partial charge in [-0.05, 0) is 48.5 Å². The minimum Gasteiger partial charge on any atom is -0.508 e. The van der Waals surface area contributed by atoms with Crippen molar-refractivity contribution in [3.8, 4) is 17.2 Å². The molecule has 1 heterocycles. The van der Waals surface area contributed by atoms with Crippen molar-refractivity contribution in [1.29, 1.82) is 0 Å². The number of rotatable bonds is 5. The van der Waals surface area contributed by atoms with Crippen LogP contribution in [0.15, 0.2) is 58.2 Å². The summed E-state index contributed by atoms with van der Waals surface area (Å²) < 4.78 is 18.3. The van der Waals surface area contributed by atoms with Crippen LogP contribution in [-0.4, -0.2) is 27.0 Å². The third-order valence-corrected chi connectivity index (χ3v) is 3.79. The average molecular weight is 345 g/mol. The van der Waals surface area contributed by atoms with Gasteiger partial charge in [-0.2, -0.15) is 0 Å². The molecule has 0 fully saturated rings. The zero-order valence-electron chi connectivity index (χ0n) is 12.3. The van der Waals surface area contributed by atoms with E-state index in [1.165, 1.54) is 36.4 Å². The molecule has 2 N–H and O–H groups in total. The number of aromatic nitrogens is 2. The van der Waals surface area contributed by atoms with Crippen molar-refractivity contribution in [3.05, 3.63) is 54.3 Å². The van der Waals surface area contributed by atoms with Crippen LogP contribution in [0.2, 0.25) is 0 Å². The van der Waals surface area contributed by atoms with E-state index in [2.05, 4.69) is 15.5 Å². The van der Waals surface area contributed by atoms with Crippen molar-refractivity contribution in [2.24, 2.45) is 0 Å². The van der Waals surface area contributed by atoms with E-state index in [1.807, 2.05) is 0 Å². The number of benzene rings is 2. The summed E-state index contributed by atoms with van der Waals surface area (Å²) in [6.45, 7) is 0. The van der Waals surface area contributed by atoms with Crippen molar-refractivity contribution in [2.75, 3.05) is 11.1 Å². The second kappa shape index (κ2) is 7.14. The summed E-state index contributed by atoms with van der Waals surface area (Å²) in [7, 11) is 0. The molecule has 3 rings (SSSR count). The van der Waals surface area contributed by atoms with Crippen LogP contribution in [0.25, 0.3) is 11.5 Å². The second-order valence-corrected chi connectivity index (χ2v) is 5.69. The van der Waals surface area contributed by atoms with E-state index in [1.54, 1.807) is 12.1 Å². The first-order valence-corrected chi connectivity index (χ1v) is 7.90. The van der Waals surface area contributed by atoms with Crippen molar-refractivity contribution in [2.45, 2.75) is 5.22 Å². The maximum absolute atomic E-state index is 12.8. The number of amides is 1. The van der Waals surface area contributed by atoms with Crippen LogP contribution < -0.4 is 5.32 Å². The fraction of sp³-hybridized carbons (Fsp3) is 0.0625. The molecule has 0 aliphatic heterocycles. The zero-order valence-corrected chi connectivity index (χ0v) is 13.1. The molecule has 2 aromatic carbocycles. The quantitative estimate of drug-likeness (QED) is 0.690. The monoisotopic (exact) mass is 345 g/mol. The van der Waals surface area contributed by atoms with Crippen LogP contribution in [-0.2, 0) is 4.79 Å². The molecule has 6 nitrogen and oxygen atoms in total. The summed E-state index contributed by atoms with van der Waals surface area (Å²) in [5, 5.41) is 19.9. The highest BCUT2D eigenvalue weighted by Gasteiger charge is 2.11. The predicted molar refractivity (Wildman–Crippen MR) is 87.2 cm³/mol. The Balaban J connectivity index is 1.56. The fourth-order valence-corrected chi connectivity index (χ4v) is 2.41. The zero-order chi connectivity index (χ0) is 16.9. The number of thioether (sulfide) groups is 1. The van der Waals surface area contributed by atoms with Gasteiger partial charge in [0.1, 0.15) is 11.6 Å². The number of nitrogens with one attached hydrogen (secondary N) is 1. The van der Waals surface area contributed by atoms with Gasteiger partial charge in [0.15, 0.2) is 0 Å². The summed E-state index contributed by atoms with van der Waals surface area (Å²) in [5.74, 6) is -0.109. The van der Waals surface area contributed by atoms with Crippen LogP contribution in [0, 0.1) is 5.82 Å². The Kier molecular flexibility index (Phi) is 4.76. The first kappa shape index (κ1) is 16.0. The van der Waals surface area contributed by atoms with Gasteiger partial charge >= 0.3 is 0 Å². The van der Waals surface area contributed by atoms with Gasteiger partial charge in [0, 0.05) is 11.3 Å². The van der Waals surface area contributed by atoms with Crippen LogP contribution in [0.5, 0.6) is 5.75 Å². The smallest absolute Gasteiger partial charge is 0.277 e. The fourth-order valence-electron chi connectivity index (χ4n) is 1.85. The highest BCUT2D eigenvalue weighted by molar-refractivity contribution is 7.99. The van der Waals surface area contributed by atoms with E-state index in [9.17, 15) is 14.3 Å². The Morgan fingerprint density at radius 3 is 2.54 bits per heavy atom. The van der Waals surface area contributed by atoms with Gasteiger partial charge in [0.25, 0.3) is 5.22 Å². The second-order valence-electron chi connectivity index (χ2n) is 4.76. The van der Waals surface area contributed by atoms with E-state index in [4.69, 9.17) is 4.42 Å². The Morgan fingerprint density at radius 1 is 1.12 bits per heavy atom. The third kappa shape index (κ3) is 4.11. The first-order chi connectivity index (χ1) is 11.6. The van der Waals surface area contributed by atoms with E-state index < -0.39 is 0 Å². The summed E-state index contributed by atoms with van der Waals surface area (Å²) >= 11 is 1.09. The number of halogens is 1. The van der Waals surface area contributed by atoms with Gasteiger partial charge in [0.05, 0.1) is 5.75 Å². The van der Waals surface area contributed by atoms with Crippen molar-refractivity contribution >= 4 is 23.4 Å². The van der Waals surface area contributed by atoms with Crippen molar-refractivity contribution in [3.63, 3.8) is 0 Å². The van der Waals surface area contributed by atoms with Crippen molar-refractivity contribution in [1.82, 2.24) is 10.2 Å². The molecule has 24 heavy (non-hydrogen) atoms. The molecule has 122 valence electrons. The molecule has 8 heteroatoms. The largest absolute Gasteiger partial charge is 0.508 e. The molecular formula is C16H12FN3O3S. The summed E-state index contributed by atoms with van der Waals surface area (Å²) in [6, 6.07) is 11.8. The summed E-state index contributed by atoms with van der Waals surface area (Å²) in [5.41, 5.74) is 1.18. The molecule has 0 spiro atoms. The van der Waals surface area contributed by atoms with Gasteiger partial charge in [-0.1, -0.05) is 11.8 Å². The van der Waals surface area contributed by atoms with Crippen molar-refractivity contribution < 1.29 is 18.7 Å². The Hall–Kier alpha value is -2.87. The number of anilines is 1. The number of carbonyl (C=O) groups excluding carboxylic acids is 1. The summed E-state index contributed by atoms with van der Waals surface area (Å²) in [6.07, 6.45) is 0. The molecule has 0 saturated heterocycles. The minimum absolute atomic E-state index is 0.0780. The molecule has 0 bridgehead atoms. The van der Waals surface area contributed by atoms with Crippen LogP contribution >= 0.6 is 11.8 Å². The Bertz CT molecular complexity index is 835. The molecule has 1 amide bonds. The maximum Gasteiger partial charge on any atom is 0.277 e. The number of phenolic OH excluding ortho intramolecular Hbond substituents is 1. The Morgan fingerprint density at radius 2 is 1.83 bits per heavy atom. The molecule has 0 aliphatic carbocycles. The van der Waals surface area contributed by atoms with Crippen LogP contribution in [0.1, 0.15) is 0 Å². The number of carbonyl (C=O) groups is 1. The number of phenols is 1. The molecule has 1 aromatic heterocycles. The molecule has 0 radical (unpaired) electrons. The first-order valence-electron chi connectivity index (χ1n) is 6.91. The van der Waals surface area contributed by atoms with Crippen LogP contribution in [0.3, 0.4) is 0 Å². The number of hydrogen-bond acceptors (Lipinski definition) is 6. The molecule has 0 saturated carbocycles. The lowest BCUT2D eigenvalue weighted by atomic mass is 10.2. The van der Waals surface area contributed by atoms with E-state index in [0.29, 0.717) is 17.1 Å². The van der Waals surface area contributed by atoms with Gasteiger partial charge < -0.3 is 14.8 Å². The highest BCUT2D eigenvalue weighted by Crippen LogP contribution is 2.24. The SMILES string of the molecule is O=C(CSc1nnc(-c2ccc(O)cc2)o1)Nc1ccc(F)cc1. The Labute approximate surface area is 140 Å². The lowest BCUT2D eigenvalue weighted by Crippen LogP contribution is -2.13. The average Bonchev–Trinajstić information content (AvgIpc) is 3.05. The highest BCUT2D eigenvalue weighted by atomic mass is 32.2. The molecule has 0 atom stereocenters. The third-order valence-electron chi connectivity index (χ3n) is 2.98. The topological polar surface area (TPSA) is 88.2 Å². The normalized spacial score (nSPS) is 10.5. The van der Waals surface area contributed by atoms with E-state index >= 15 is 0 Å². The molecule has 0 unspecified atom stereocenters. The van der Waals surface area contributed by atoms with Gasteiger partial charge in [-0.25, -0.2) is 4.39 Å². The van der Waals surface area contributed by atoms with E-state index in [0.717, 1.165) is 11.8 Å². The predicted octanol–water partition coefficient (Wildman–Crippen LogP) is 3.31. The van der Waals surface area contributed by atoms with Gasteiger partial charge in [-0.15, -0.1) is 10.2 Å². The van der Waals surface area contributed by atoms with Crippen LogP contribution in [0.4, 0.5) is 10.1 Å². The molecule has 3 aromatic rings. The van der Waals surface area contributed by atoms with Gasteiger partial charge in [-0.3, -0.25) is 4.79 Å². The van der Waals surface area contributed by atoms with E-state index in [-0.39, 0.29) is 28.4 Å². The maximum atomic E-state index is 12.8. The lowest BCUT2D eigenvalue weighted by molar-refractivity contribution is -0.113. The molecule has 0 aliphatic rings. The number of aromatic hydroxyl groups is 1. The number of hydrogen-bond donors (Lipinski definition) is 2. The minimum atomic E-state index is -0.366. The summed E-state index contributed by atoms with van der Waals surface area (Å²) in [4.78, 5) is 11.8. The molecular weight excluding hydrogens is 333 g/mol. The van der Waals surface area contributed by atoms with Gasteiger partial charge in [0.2, 0.25) is 11.8 Å².